The van der Waals surface area contributed by atoms with E-state index in [0.717, 1.165) is 11.8 Å². The van der Waals surface area contributed by atoms with E-state index in [0.29, 0.717) is 46.9 Å². The van der Waals surface area contributed by atoms with Crippen LogP contribution in [0.1, 0.15) is 12.8 Å². The van der Waals surface area contributed by atoms with Crippen molar-refractivity contribution < 1.29 is 14.3 Å². The highest BCUT2D eigenvalue weighted by molar-refractivity contribution is 7.99. The number of thioether (sulfide) groups is 1. The lowest BCUT2D eigenvalue weighted by molar-refractivity contribution is -0.140. The molecule has 4 rings (SSSR count). The average Bonchev–Trinajstić information content (AvgIpc) is 3.18. The van der Waals surface area contributed by atoms with Gasteiger partial charge in [0.25, 0.3) is 5.56 Å². The molecule has 7 nitrogen and oxygen atoms in total. The normalized spacial score (nSPS) is 13.8. The summed E-state index contributed by atoms with van der Waals surface area (Å²) >= 11 is 1.15. The quantitative estimate of drug-likeness (QED) is 0.476. The molecule has 148 valence electrons. The summed E-state index contributed by atoms with van der Waals surface area (Å²) in [6, 6.07) is 14.2. The van der Waals surface area contributed by atoms with Gasteiger partial charge in [-0.15, -0.1) is 0 Å². The molecule has 1 aromatic heterocycles. The molecule has 8 heteroatoms. The largest absolute Gasteiger partial charge is 0.497 e. The Morgan fingerprint density at radius 1 is 1.17 bits per heavy atom. The Balaban J connectivity index is 1.76. The molecule has 1 fully saturated rings. The summed E-state index contributed by atoms with van der Waals surface area (Å²) in [5.41, 5.74) is 0.930. The lowest BCUT2D eigenvalue weighted by Crippen LogP contribution is -2.33. The molecule has 1 aliphatic rings. The fraction of sp³-hybridized carbons (Fsp3) is 0.238. The van der Waals surface area contributed by atoms with Gasteiger partial charge in [-0.1, -0.05) is 30.0 Å². The lowest BCUT2D eigenvalue weighted by atomic mass is 10.2. The van der Waals surface area contributed by atoms with Gasteiger partial charge in [0.15, 0.2) is 5.16 Å². The van der Waals surface area contributed by atoms with Gasteiger partial charge in [-0.05, 0) is 30.7 Å². The minimum absolute atomic E-state index is 0.0283. The Bertz CT molecular complexity index is 1160. The van der Waals surface area contributed by atoms with Crippen LogP contribution in [0.25, 0.3) is 16.6 Å². The summed E-state index contributed by atoms with van der Waals surface area (Å²) in [6.45, 7) is 0.450. The van der Waals surface area contributed by atoms with Crippen LogP contribution in [0.2, 0.25) is 0 Å². The van der Waals surface area contributed by atoms with Crippen LogP contribution in [0.3, 0.4) is 0 Å². The van der Waals surface area contributed by atoms with Crippen LogP contribution in [0.15, 0.2) is 58.5 Å². The van der Waals surface area contributed by atoms with E-state index in [1.807, 2.05) is 6.07 Å². The number of ether oxygens (including phenoxy) is 1. The SMILES string of the molecule is COc1cccc(-n2c(SCC(=O)N3CCCC3=O)nc3ccccc3c2=O)c1. The van der Waals surface area contributed by atoms with E-state index in [4.69, 9.17) is 4.74 Å². The number of hydrogen-bond acceptors (Lipinski definition) is 6. The van der Waals surface area contributed by atoms with Gasteiger partial charge in [0.05, 0.1) is 29.5 Å². The zero-order valence-corrected chi connectivity index (χ0v) is 16.6. The molecule has 1 aliphatic heterocycles. The average molecular weight is 409 g/mol. The summed E-state index contributed by atoms with van der Waals surface area (Å²) in [5, 5.41) is 0.877. The monoisotopic (exact) mass is 409 g/mol. The highest BCUT2D eigenvalue weighted by atomic mass is 32.2. The fourth-order valence-corrected chi connectivity index (χ4v) is 4.19. The second-order valence-corrected chi connectivity index (χ2v) is 7.53. The first kappa shape index (κ1) is 19.2. The topological polar surface area (TPSA) is 81.5 Å². The number of carbonyl (C=O) groups excluding carboxylic acids is 2. The van der Waals surface area contributed by atoms with Crippen LogP contribution in [0.5, 0.6) is 5.75 Å². The number of amides is 2. The molecule has 0 aliphatic carbocycles. The molecule has 2 heterocycles. The van der Waals surface area contributed by atoms with Gasteiger partial charge in [0.2, 0.25) is 11.8 Å². The summed E-state index contributed by atoms with van der Waals surface area (Å²) in [4.78, 5) is 43.4. The Morgan fingerprint density at radius 3 is 2.76 bits per heavy atom. The predicted octanol–water partition coefficient (Wildman–Crippen LogP) is 2.64. The highest BCUT2D eigenvalue weighted by Crippen LogP contribution is 2.24. The third kappa shape index (κ3) is 3.75. The van der Waals surface area contributed by atoms with E-state index in [9.17, 15) is 14.4 Å². The Labute approximate surface area is 171 Å². The maximum absolute atomic E-state index is 13.2. The number of para-hydroxylation sites is 1. The van der Waals surface area contributed by atoms with Crippen molar-refractivity contribution in [3.8, 4) is 11.4 Å². The van der Waals surface area contributed by atoms with Crippen LogP contribution in [-0.4, -0.2) is 45.7 Å². The summed E-state index contributed by atoms with van der Waals surface area (Å²) in [5.74, 6) is 0.224. The van der Waals surface area contributed by atoms with Gasteiger partial charge in [-0.25, -0.2) is 4.98 Å². The Morgan fingerprint density at radius 2 is 2.00 bits per heavy atom. The molecule has 0 unspecified atom stereocenters. The van der Waals surface area contributed by atoms with Crippen LogP contribution < -0.4 is 10.3 Å². The smallest absolute Gasteiger partial charge is 0.266 e. The van der Waals surface area contributed by atoms with E-state index < -0.39 is 0 Å². The lowest BCUT2D eigenvalue weighted by Gasteiger charge is -2.16. The number of nitrogens with zero attached hydrogens (tertiary/aromatic N) is 3. The molecule has 2 aromatic carbocycles. The number of aromatic nitrogens is 2. The van der Waals surface area contributed by atoms with Gasteiger partial charge >= 0.3 is 0 Å². The molecule has 0 atom stereocenters. The number of methoxy groups -OCH3 is 1. The van der Waals surface area contributed by atoms with Crippen molar-refractivity contribution in [2.75, 3.05) is 19.4 Å². The van der Waals surface area contributed by atoms with Crippen molar-refractivity contribution in [3.05, 3.63) is 58.9 Å². The Hall–Kier alpha value is -3.13. The molecule has 1 saturated heterocycles. The highest BCUT2D eigenvalue weighted by Gasteiger charge is 2.26. The number of imide groups is 1. The van der Waals surface area contributed by atoms with Gasteiger partial charge in [-0.3, -0.25) is 23.9 Å². The van der Waals surface area contributed by atoms with Gasteiger partial charge in [0, 0.05) is 19.0 Å². The number of hydrogen-bond donors (Lipinski definition) is 0. The van der Waals surface area contributed by atoms with Gasteiger partial charge in [-0.2, -0.15) is 0 Å². The molecule has 0 spiro atoms. The van der Waals surface area contributed by atoms with E-state index in [2.05, 4.69) is 4.98 Å². The molecular weight excluding hydrogens is 390 g/mol. The second kappa shape index (κ2) is 8.08. The number of benzene rings is 2. The number of likely N-dealkylation sites (tertiary alicyclic amines) is 1. The van der Waals surface area contributed by atoms with E-state index >= 15 is 0 Å². The third-order valence-electron chi connectivity index (χ3n) is 4.76. The minimum Gasteiger partial charge on any atom is -0.497 e. The molecule has 0 bridgehead atoms. The summed E-state index contributed by atoms with van der Waals surface area (Å²) < 4.78 is 6.76. The first-order valence-electron chi connectivity index (χ1n) is 9.20. The molecule has 0 radical (unpaired) electrons. The fourth-order valence-electron chi connectivity index (χ4n) is 3.30. The van der Waals surface area contributed by atoms with Crippen molar-refractivity contribution in [3.63, 3.8) is 0 Å². The zero-order valence-electron chi connectivity index (χ0n) is 15.8. The molecule has 0 saturated carbocycles. The molecule has 29 heavy (non-hydrogen) atoms. The molecular formula is C21H19N3O4S. The zero-order chi connectivity index (χ0) is 20.4. The molecule has 3 aromatic rings. The van der Waals surface area contributed by atoms with Crippen molar-refractivity contribution in [1.82, 2.24) is 14.5 Å². The van der Waals surface area contributed by atoms with Crippen molar-refractivity contribution in [2.45, 2.75) is 18.0 Å². The van der Waals surface area contributed by atoms with Crippen LogP contribution in [0, 0.1) is 0 Å². The second-order valence-electron chi connectivity index (χ2n) is 6.58. The van der Waals surface area contributed by atoms with Crippen LogP contribution >= 0.6 is 11.8 Å². The van der Waals surface area contributed by atoms with E-state index in [1.165, 1.54) is 9.47 Å². The predicted molar refractivity (Wildman–Crippen MR) is 111 cm³/mol. The minimum atomic E-state index is -0.267. The number of carbonyl (C=O) groups is 2. The molecule has 0 N–H and O–H groups in total. The third-order valence-corrected chi connectivity index (χ3v) is 5.68. The first-order valence-corrected chi connectivity index (χ1v) is 10.2. The number of fused-ring (bicyclic) bond motifs is 1. The first-order chi connectivity index (χ1) is 14.1. The van der Waals surface area contributed by atoms with Gasteiger partial charge < -0.3 is 4.74 Å². The summed E-state index contributed by atoms with van der Waals surface area (Å²) in [7, 11) is 1.56. The standard InChI is InChI=1S/C21H19N3O4S/c1-28-15-7-4-6-14(12-15)24-20(27)16-8-2-3-9-17(16)22-21(24)29-13-19(26)23-11-5-10-18(23)25/h2-4,6-9,12H,5,10-11,13H2,1H3. The maximum Gasteiger partial charge on any atom is 0.266 e. The van der Waals surface area contributed by atoms with Gasteiger partial charge in [0.1, 0.15) is 5.75 Å². The molecule has 2 amide bonds. The van der Waals surface area contributed by atoms with E-state index in [-0.39, 0.29) is 23.1 Å². The van der Waals surface area contributed by atoms with Crippen molar-refractivity contribution in [1.29, 1.82) is 0 Å². The van der Waals surface area contributed by atoms with Crippen LogP contribution in [0.4, 0.5) is 0 Å². The summed E-state index contributed by atoms with van der Waals surface area (Å²) in [6.07, 6.45) is 1.09. The number of rotatable bonds is 5. The van der Waals surface area contributed by atoms with Crippen LogP contribution in [-0.2, 0) is 9.59 Å². The van der Waals surface area contributed by atoms with Crippen molar-refractivity contribution >= 4 is 34.5 Å². The van der Waals surface area contributed by atoms with E-state index in [1.54, 1.807) is 49.6 Å². The van der Waals surface area contributed by atoms with Crippen molar-refractivity contribution in [2.24, 2.45) is 0 Å². The maximum atomic E-state index is 13.2. The Kier molecular flexibility index (Phi) is 5.35.